The first-order chi connectivity index (χ1) is 15.2. The SMILES string of the molecule is C=N/C(=C(/OCOC)C(=C)/C(=C/C)CC)c1cc(Cl)cc(N2CCN(C(C)(C)C)CC2)c1. The number of rotatable bonds is 9. The molecule has 5 nitrogen and oxygen atoms in total. The van der Waals surface area contributed by atoms with E-state index in [0.29, 0.717) is 16.5 Å². The fourth-order valence-corrected chi connectivity index (χ4v) is 4.21. The maximum absolute atomic E-state index is 6.56. The third-order valence-electron chi connectivity index (χ3n) is 5.83. The normalized spacial score (nSPS) is 16.6. The number of allylic oxidation sites excluding steroid dienone is 2. The Hall–Kier alpha value is -2.08. The topological polar surface area (TPSA) is 37.3 Å². The third-order valence-corrected chi connectivity index (χ3v) is 6.05. The molecule has 1 aliphatic rings. The van der Waals surface area contributed by atoms with E-state index in [1.54, 1.807) is 7.11 Å². The van der Waals surface area contributed by atoms with Crippen molar-refractivity contribution in [3.63, 3.8) is 0 Å². The predicted octanol–water partition coefficient (Wildman–Crippen LogP) is 6.16. The Labute approximate surface area is 199 Å². The molecule has 1 aliphatic heterocycles. The van der Waals surface area contributed by atoms with Gasteiger partial charge in [-0.1, -0.05) is 31.2 Å². The molecule has 176 valence electrons. The van der Waals surface area contributed by atoms with Crippen molar-refractivity contribution >= 4 is 29.7 Å². The summed E-state index contributed by atoms with van der Waals surface area (Å²) in [6.45, 7) is 22.9. The molecule has 1 fully saturated rings. The lowest BCUT2D eigenvalue weighted by atomic mass is 9.99. The third kappa shape index (κ3) is 6.47. The van der Waals surface area contributed by atoms with E-state index in [1.165, 1.54) is 0 Å². The smallest absolute Gasteiger partial charge is 0.188 e. The second-order valence-electron chi connectivity index (χ2n) is 8.88. The zero-order valence-electron chi connectivity index (χ0n) is 20.5. The molecule has 32 heavy (non-hydrogen) atoms. The van der Waals surface area contributed by atoms with Gasteiger partial charge in [-0.2, -0.15) is 0 Å². The van der Waals surface area contributed by atoms with Crippen molar-refractivity contribution in [2.24, 2.45) is 4.99 Å². The molecular weight excluding hydrogens is 422 g/mol. The molecule has 0 radical (unpaired) electrons. The Morgan fingerprint density at radius 2 is 1.84 bits per heavy atom. The van der Waals surface area contributed by atoms with Gasteiger partial charge in [0.25, 0.3) is 0 Å². The Kier molecular flexibility index (Phi) is 9.56. The summed E-state index contributed by atoms with van der Waals surface area (Å²) in [5.41, 5.74) is 4.55. The van der Waals surface area contributed by atoms with Gasteiger partial charge in [0.15, 0.2) is 12.6 Å². The monoisotopic (exact) mass is 459 g/mol. The number of methoxy groups -OCH3 is 1. The number of piperazine rings is 1. The Bertz CT molecular complexity index is 876. The number of ether oxygens (including phenoxy) is 2. The van der Waals surface area contributed by atoms with E-state index in [-0.39, 0.29) is 12.3 Å². The summed E-state index contributed by atoms with van der Waals surface area (Å²) in [6.07, 6.45) is 2.87. The first-order valence-electron chi connectivity index (χ1n) is 11.1. The molecule has 0 aromatic heterocycles. The highest BCUT2D eigenvalue weighted by atomic mass is 35.5. The number of benzene rings is 1. The lowest BCUT2D eigenvalue weighted by Crippen LogP contribution is -2.53. The summed E-state index contributed by atoms with van der Waals surface area (Å²) in [6, 6.07) is 6.00. The van der Waals surface area contributed by atoms with Crippen LogP contribution >= 0.6 is 11.6 Å². The molecule has 0 unspecified atom stereocenters. The highest BCUT2D eigenvalue weighted by Crippen LogP contribution is 2.34. The largest absolute Gasteiger partial charge is 0.465 e. The number of hydrogen-bond donors (Lipinski definition) is 0. The minimum absolute atomic E-state index is 0.0935. The van der Waals surface area contributed by atoms with Gasteiger partial charge in [-0.15, -0.1) is 0 Å². The molecule has 0 N–H and O–H groups in total. The number of halogens is 1. The Morgan fingerprint density at radius 1 is 1.19 bits per heavy atom. The summed E-state index contributed by atoms with van der Waals surface area (Å²) in [4.78, 5) is 9.21. The van der Waals surface area contributed by atoms with E-state index in [1.807, 2.05) is 25.1 Å². The quantitative estimate of drug-likeness (QED) is 0.192. The fourth-order valence-electron chi connectivity index (χ4n) is 3.98. The molecule has 1 saturated heterocycles. The van der Waals surface area contributed by atoms with Crippen LogP contribution in [0.1, 0.15) is 46.6 Å². The van der Waals surface area contributed by atoms with Crippen LogP contribution in [-0.4, -0.2) is 57.2 Å². The molecule has 6 heteroatoms. The molecule has 2 rings (SSSR count). The molecule has 1 aromatic carbocycles. The van der Waals surface area contributed by atoms with Crippen LogP contribution in [0.3, 0.4) is 0 Å². The molecule has 0 amide bonds. The maximum Gasteiger partial charge on any atom is 0.188 e. The number of anilines is 1. The first-order valence-corrected chi connectivity index (χ1v) is 11.5. The second kappa shape index (κ2) is 11.7. The summed E-state index contributed by atoms with van der Waals surface area (Å²) in [5.74, 6) is 0.558. The van der Waals surface area contributed by atoms with Crippen LogP contribution < -0.4 is 4.90 Å². The highest BCUT2D eigenvalue weighted by Gasteiger charge is 2.26. The zero-order valence-corrected chi connectivity index (χ0v) is 21.3. The van der Waals surface area contributed by atoms with E-state index < -0.39 is 0 Å². The van der Waals surface area contributed by atoms with Crippen LogP contribution in [0.15, 0.2) is 52.8 Å². The summed E-state index contributed by atoms with van der Waals surface area (Å²) in [5, 5.41) is 0.648. The fraction of sp³-hybridized carbons (Fsp3) is 0.500. The van der Waals surface area contributed by atoms with Crippen molar-refractivity contribution in [2.75, 3.05) is 45.0 Å². The van der Waals surface area contributed by atoms with Gasteiger partial charge in [0, 0.05) is 60.7 Å². The Balaban J connectivity index is 2.46. The molecule has 0 aliphatic carbocycles. The minimum Gasteiger partial charge on any atom is -0.465 e. The maximum atomic E-state index is 6.56. The van der Waals surface area contributed by atoms with Gasteiger partial charge in [0.2, 0.25) is 0 Å². The average molecular weight is 460 g/mol. The number of aliphatic imine (C=N–C) groups is 1. The van der Waals surface area contributed by atoms with E-state index in [4.69, 9.17) is 21.1 Å². The number of hydrogen-bond acceptors (Lipinski definition) is 5. The van der Waals surface area contributed by atoms with Crippen LogP contribution in [0.5, 0.6) is 0 Å². The molecular formula is C26H38ClN3O2. The second-order valence-corrected chi connectivity index (χ2v) is 9.31. The van der Waals surface area contributed by atoms with Gasteiger partial charge in [-0.25, -0.2) is 0 Å². The lowest BCUT2D eigenvalue weighted by Gasteiger charge is -2.43. The van der Waals surface area contributed by atoms with E-state index in [9.17, 15) is 0 Å². The van der Waals surface area contributed by atoms with Crippen molar-refractivity contribution in [3.05, 3.63) is 58.3 Å². The first kappa shape index (κ1) is 26.2. The summed E-state index contributed by atoms with van der Waals surface area (Å²) < 4.78 is 11.1. The zero-order chi connectivity index (χ0) is 23.9. The summed E-state index contributed by atoms with van der Waals surface area (Å²) >= 11 is 6.56. The molecule has 0 saturated carbocycles. The predicted molar refractivity (Wildman–Crippen MR) is 138 cm³/mol. The van der Waals surface area contributed by atoms with Crippen LogP contribution in [-0.2, 0) is 9.47 Å². The molecule has 1 heterocycles. The van der Waals surface area contributed by atoms with Gasteiger partial charge in [0.05, 0.1) is 0 Å². The van der Waals surface area contributed by atoms with E-state index >= 15 is 0 Å². The summed E-state index contributed by atoms with van der Waals surface area (Å²) in [7, 11) is 1.59. The van der Waals surface area contributed by atoms with Crippen molar-refractivity contribution in [1.82, 2.24) is 4.90 Å². The molecule has 0 bridgehead atoms. The Morgan fingerprint density at radius 3 is 2.34 bits per heavy atom. The van der Waals surface area contributed by atoms with Gasteiger partial charge in [0.1, 0.15) is 5.70 Å². The standard InChI is InChI=1S/C26H38ClN3O2/c1-9-20(10-2)19(3)25(32-18-31-8)24(28-7)21-15-22(27)17-23(16-21)29-11-13-30(14-12-29)26(4,5)6/h9,15-17H,3,7,10-14,18H2,1-2,4-6,8H3/b20-9+,25-24+. The van der Waals surface area contributed by atoms with Crippen LogP contribution in [0.4, 0.5) is 5.69 Å². The van der Waals surface area contributed by atoms with E-state index in [2.05, 4.69) is 61.8 Å². The highest BCUT2D eigenvalue weighted by molar-refractivity contribution is 6.31. The number of nitrogens with zero attached hydrogens (tertiary/aromatic N) is 3. The van der Waals surface area contributed by atoms with Gasteiger partial charge in [-0.3, -0.25) is 9.89 Å². The molecule has 0 atom stereocenters. The molecule has 1 aromatic rings. The van der Waals surface area contributed by atoms with Gasteiger partial charge in [-0.05, 0) is 64.6 Å². The van der Waals surface area contributed by atoms with Crippen molar-refractivity contribution in [1.29, 1.82) is 0 Å². The van der Waals surface area contributed by atoms with Gasteiger partial charge >= 0.3 is 0 Å². The van der Waals surface area contributed by atoms with Crippen molar-refractivity contribution < 1.29 is 9.47 Å². The van der Waals surface area contributed by atoms with Gasteiger partial charge < -0.3 is 14.4 Å². The van der Waals surface area contributed by atoms with E-state index in [0.717, 1.165) is 55.0 Å². The lowest BCUT2D eigenvalue weighted by molar-refractivity contribution is 0.00942. The van der Waals surface area contributed by atoms with Crippen molar-refractivity contribution in [2.45, 2.75) is 46.6 Å². The minimum atomic E-state index is 0.0935. The van der Waals surface area contributed by atoms with Crippen LogP contribution in [0, 0.1) is 0 Å². The van der Waals surface area contributed by atoms with Crippen LogP contribution in [0.25, 0.3) is 5.70 Å². The molecule has 0 spiro atoms. The van der Waals surface area contributed by atoms with Crippen LogP contribution in [0.2, 0.25) is 5.02 Å². The van der Waals surface area contributed by atoms with Crippen molar-refractivity contribution in [3.8, 4) is 0 Å². The average Bonchev–Trinajstić information content (AvgIpc) is 2.76.